The van der Waals surface area contributed by atoms with Crippen molar-refractivity contribution in [2.24, 2.45) is 0 Å². The predicted molar refractivity (Wildman–Crippen MR) is 99.9 cm³/mol. The average Bonchev–Trinajstić information content (AvgIpc) is 3.25. The van der Waals surface area contributed by atoms with Crippen molar-refractivity contribution in [2.45, 2.75) is 30.4 Å². The minimum atomic E-state index is -3.55. The van der Waals surface area contributed by atoms with Gasteiger partial charge in [-0.3, -0.25) is 9.59 Å². The van der Waals surface area contributed by atoms with E-state index in [-0.39, 0.29) is 17.5 Å². The lowest BCUT2D eigenvalue weighted by atomic mass is 10.2. The zero-order chi connectivity index (χ0) is 20.0. The van der Waals surface area contributed by atoms with Gasteiger partial charge in [-0.15, -0.1) is 0 Å². The highest BCUT2D eigenvalue weighted by Crippen LogP contribution is 2.17. The van der Waals surface area contributed by atoms with E-state index in [1.165, 1.54) is 16.4 Å². The molecule has 0 radical (unpaired) electrons. The van der Waals surface area contributed by atoms with Crippen molar-refractivity contribution in [1.82, 2.24) is 14.9 Å². The van der Waals surface area contributed by atoms with Gasteiger partial charge < -0.3 is 20.1 Å². The molecule has 10 heteroatoms. The number of hydrogen-bond donors (Lipinski definition) is 2. The van der Waals surface area contributed by atoms with Crippen LogP contribution in [-0.4, -0.2) is 70.1 Å². The summed E-state index contributed by atoms with van der Waals surface area (Å²) in [4.78, 5) is 23.9. The summed E-state index contributed by atoms with van der Waals surface area (Å²) in [6.07, 6.45) is 1.81. The lowest BCUT2D eigenvalue weighted by molar-refractivity contribution is -0.139. The maximum absolute atomic E-state index is 12.6. The predicted octanol–water partition coefficient (Wildman–Crippen LogP) is -0.381. The molecule has 1 atom stereocenters. The molecule has 2 aliphatic heterocycles. The number of ether oxygens (including phenoxy) is 2. The molecule has 9 nitrogen and oxygen atoms in total. The number of rotatable bonds is 6. The third-order valence-electron chi connectivity index (χ3n) is 4.70. The van der Waals surface area contributed by atoms with Crippen LogP contribution in [0.3, 0.4) is 0 Å². The van der Waals surface area contributed by atoms with E-state index in [9.17, 15) is 18.0 Å². The summed E-state index contributed by atoms with van der Waals surface area (Å²) in [6, 6.07) is 6.25. The summed E-state index contributed by atoms with van der Waals surface area (Å²) >= 11 is 0. The van der Waals surface area contributed by atoms with Crippen molar-refractivity contribution in [3.8, 4) is 0 Å². The number of nitrogens with zero attached hydrogens (tertiary/aromatic N) is 1. The third kappa shape index (κ3) is 5.28. The molecule has 1 aromatic rings. The van der Waals surface area contributed by atoms with Gasteiger partial charge in [0.25, 0.3) is 0 Å². The van der Waals surface area contributed by atoms with Gasteiger partial charge >= 0.3 is 11.8 Å². The Morgan fingerprint density at radius 1 is 1.04 bits per heavy atom. The van der Waals surface area contributed by atoms with Gasteiger partial charge in [0.05, 0.1) is 24.2 Å². The lowest BCUT2D eigenvalue weighted by Crippen LogP contribution is -2.42. The van der Waals surface area contributed by atoms with E-state index in [1.807, 2.05) is 0 Å². The van der Waals surface area contributed by atoms with Crippen molar-refractivity contribution < 1.29 is 27.5 Å². The third-order valence-corrected chi connectivity index (χ3v) is 6.62. The molecule has 2 aliphatic rings. The maximum Gasteiger partial charge on any atom is 0.309 e. The van der Waals surface area contributed by atoms with E-state index in [0.29, 0.717) is 45.0 Å². The Labute approximate surface area is 164 Å². The second kappa shape index (κ2) is 9.46. The quantitative estimate of drug-likeness (QED) is 0.617. The van der Waals surface area contributed by atoms with Gasteiger partial charge in [0.1, 0.15) is 0 Å². The molecule has 0 bridgehead atoms. The Balaban J connectivity index is 1.48. The fraction of sp³-hybridized carbons (Fsp3) is 0.556. The molecule has 0 aliphatic carbocycles. The number of carbonyl (C=O) groups excluding carboxylic acids is 2. The monoisotopic (exact) mass is 411 g/mol. The van der Waals surface area contributed by atoms with E-state index < -0.39 is 21.8 Å². The molecule has 2 saturated heterocycles. The molecule has 2 fully saturated rings. The maximum atomic E-state index is 12.6. The van der Waals surface area contributed by atoms with Crippen molar-refractivity contribution in [2.75, 3.05) is 39.5 Å². The van der Waals surface area contributed by atoms with Gasteiger partial charge in [-0.05, 0) is 30.5 Å². The van der Waals surface area contributed by atoms with E-state index in [2.05, 4.69) is 10.6 Å². The van der Waals surface area contributed by atoms with Crippen molar-refractivity contribution in [3.63, 3.8) is 0 Å². The Morgan fingerprint density at radius 3 is 2.36 bits per heavy atom. The highest BCUT2D eigenvalue weighted by molar-refractivity contribution is 7.89. The Hall–Kier alpha value is -2.01. The highest BCUT2D eigenvalue weighted by atomic mass is 32.2. The zero-order valence-corrected chi connectivity index (χ0v) is 16.4. The normalized spacial score (nSPS) is 20.6. The number of morpholine rings is 1. The first-order valence-electron chi connectivity index (χ1n) is 9.31. The number of nitrogens with one attached hydrogen (secondary N) is 2. The fourth-order valence-corrected chi connectivity index (χ4v) is 4.48. The summed E-state index contributed by atoms with van der Waals surface area (Å²) in [6.45, 7) is 2.58. The van der Waals surface area contributed by atoms with Crippen LogP contribution in [-0.2, 0) is 35.6 Å². The molecule has 154 valence electrons. The summed E-state index contributed by atoms with van der Waals surface area (Å²) < 4.78 is 37.1. The number of sulfonamides is 1. The molecule has 0 aromatic heterocycles. The molecule has 28 heavy (non-hydrogen) atoms. The molecule has 0 unspecified atom stereocenters. The van der Waals surface area contributed by atoms with Gasteiger partial charge in [0.15, 0.2) is 0 Å². The largest absolute Gasteiger partial charge is 0.379 e. The molecule has 2 N–H and O–H groups in total. The number of hydrogen-bond acceptors (Lipinski definition) is 6. The van der Waals surface area contributed by atoms with Gasteiger partial charge in [-0.2, -0.15) is 4.31 Å². The Bertz CT molecular complexity index is 784. The SMILES string of the molecule is O=C(NCc1ccc(S(=O)(=O)N2CCOCC2)cc1)C(=O)NC[C@@H]1CCCO1. The lowest BCUT2D eigenvalue weighted by Gasteiger charge is -2.26. The average molecular weight is 411 g/mol. The number of carbonyl (C=O) groups is 2. The van der Waals surface area contributed by atoms with Crippen LogP contribution in [0.5, 0.6) is 0 Å². The molecule has 1 aromatic carbocycles. The van der Waals surface area contributed by atoms with Gasteiger partial charge in [0, 0.05) is 32.8 Å². The summed E-state index contributed by atoms with van der Waals surface area (Å²) in [7, 11) is -3.55. The fourth-order valence-electron chi connectivity index (χ4n) is 3.07. The second-order valence-electron chi connectivity index (χ2n) is 6.69. The van der Waals surface area contributed by atoms with Gasteiger partial charge in [-0.25, -0.2) is 8.42 Å². The number of benzene rings is 1. The molecule has 0 saturated carbocycles. The van der Waals surface area contributed by atoms with E-state index in [4.69, 9.17) is 9.47 Å². The number of amides is 2. The van der Waals surface area contributed by atoms with Crippen LogP contribution in [0.15, 0.2) is 29.2 Å². The summed E-state index contributed by atoms with van der Waals surface area (Å²) in [5.74, 6) is -1.44. The molecule has 2 amide bonds. The first-order chi connectivity index (χ1) is 13.5. The van der Waals surface area contributed by atoms with Crippen LogP contribution in [0.25, 0.3) is 0 Å². The van der Waals surface area contributed by atoms with E-state index in [0.717, 1.165) is 12.8 Å². The summed E-state index contributed by atoms with van der Waals surface area (Å²) in [5.41, 5.74) is 0.696. The molecular weight excluding hydrogens is 386 g/mol. The van der Waals surface area contributed by atoms with E-state index >= 15 is 0 Å². The molecule has 3 rings (SSSR count). The standard InChI is InChI=1S/C18H25N3O6S/c22-17(18(23)20-13-15-2-1-9-27-15)19-12-14-3-5-16(6-4-14)28(24,25)21-7-10-26-11-8-21/h3-6,15H,1-2,7-13H2,(H,19,22)(H,20,23)/t15-/m0/s1. The van der Waals surface area contributed by atoms with Crippen LogP contribution >= 0.6 is 0 Å². The highest BCUT2D eigenvalue weighted by Gasteiger charge is 2.26. The topological polar surface area (TPSA) is 114 Å². The van der Waals surface area contributed by atoms with Crippen LogP contribution in [0.1, 0.15) is 18.4 Å². The van der Waals surface area contributed by atoms with Crippen molar-refractivity contribution in [1.29, 1.82) is 0 Å². The molecule has 0 spiro atoms. The van der Waals surface area contributed by atoms with Crippen LogP contribution in [0.2, 0.25) is 0 Å². The van der Waals surface area contributed by atoms with Crippen LogP contribution in [0, 0.1) is 0 Å². The van der Waals surface area contributed by atoms with Crippen LogP contribution in [0.4, 0.5) is 0 Å². The summed E-state index contributed by atoms with van der Waals surface area (Å²) in [5, 5.41) is 5.08. The van der Waals surface area contributed by atoms with Gasteiger partial charge in [-0.1, -0.05) is 12.1 Å². The first-order valence-corrected chi connectivity index (χ1v) is 10.8. The van der Waals surface area contributed by atoms with Gasteiger partial charge in [0.2, 0.25) is 10.0 Å². The minimum absolute atomic E-state index is 0.0299. The van der Waals surface area contributed by atoms with E-state index in [1.54, 1.807) is 12.1 Å². The van der Waals surface area contributed by atoms with Crippen molar-refractivity contribution in [3.05, 3.63) is 29.8 Å². The smallest absolute Gasteiger partial charge is 0.309 e. The van der Waals surface area contributed by atoms with Crippen molar-refractivity contribution >= 4 is 21.8 Å². The Kier molecular flexibility index (Phi) is 7.00. The first kappa shape index (κ1) is 20.7. The molecular formula is C18H25N3O6S. The second-order valence-corrected chi connectivity index (χ2v) is 8.63. The molecule has 2 heterocycles. The zero-order valence-electron chi connectivity index (χ0n) is 15.6. The van der Waals surface area contributed by atoms with Crippen LogP contribution < -0.4 is 10.6 Å². The minimum Gasteiger partial charge on any atom is -0.379 e. The Morgan fingerprint density at radius 2 is 1.71 bits per heavy atom.